The molecule has 0 unspecified atom stereocenters. The van der Waals surface area contributed by atoms with Crippen molar-refractivity contribution >= 4 is 17.2 Å². The molecule has 0 saturated carbocycles. The lowest BCUT2D eigenvalue weighted by atomic mass is 10.2. The number of urea groups is 1. The van der Waals surface area contributed by atoms with Crippen LogP contribution in [0, 0.1) is 12.7 Å². The van der Waals surface area contributed by atoms with Crippen LogP contribution in [-0.4, -0.2) is 58.7 Å². The van der Waals surface area contributed by atoms with Gasteiger partial charge in [-0.2, -0.15) is 5.10 Å². The van der Waals surface area contributed by atoms with Crippen molar-refractivity contribution < 1.29 is 13.9 Å². The van der Waals surface area contributed by atoms with Crippen LogP contribution in [0.25, 0.3) is 5.52 Å². The van der Waals surface area contributed by atoms with Crippen LogP contribution in [0.2, 0.25) is 0 Å². The van der Waals surface area contributed by atoms with E-state index in [4.69, 9.17) is 4.74 Å². The second kappa shape index (κ2) is 7.47. The predicted octanol–water partition coefficient (Wildman–Crippen LogP) is 3.35. The molecule has 1 aromatic carbocycles. The largest absolute Gasteiger partial charge is 0.452 e. The molecule has 7 nitrogen and oxygen atoms in total. The van der Waals surface area contributed by atoms with Gasteiger partial charge in [0.05, 0.1) is 18.1 Å². The van der Waals surface area contributed by atoms with E-state index in [0.29, 0.717) is 30.0 Å². The van der Waals surface area contributed by atoms with E-state index in [1.807, 2.05) is 14.0 Å². The molecule has 0 aliphatic carbocycles. The van der Waals surface area contributed by atoms with Gasteiger partial charge in [-0.3, -0.25) is 0 Å². The fourth-order valence-corrected chi connectivity index (χ4v) is 3.17. The number of rotatable bonds is 3. The van der Waals surface area contributed by atoms with Crippen molar-refractivity contribution in [2.24, 2.45) is 0 Å². The van der Waals surface area contributed by atoms with Crippen LogP contribution < -0.4 is 10.1 Å². The van der Waals surface area contributed by atoms with E-state index in [9.17, 15) is 9.18 Å². The number of ether oxygens (including phenoxy) is 1. The molecule has 1 aliphatic heterocycles. The van der Waals surface area contributed by atoms with Gasteiger partial charge in [0, 0.05) is 32.2 Å². The molecule has 3 aromatic rings. The average molecular weight is 383 g/mol. The van der Waals surface area contributed by atoms with Gasteiger partial charge in [-0.05, 0) is 37.7 Å². The summed E-state index contributed by atoms with van der Waals surface area (Å²) in [4.78, 5) is 16.5. The first-order valence-electron chi connectivity index (χ1n) is 9.15. The second-order valence-electron chi connectivity index (χ2n) is 7.01. The van der Waals surface area contributed by atoms with E-state index in [1.54, 1.807) is 46.1 Å². The molecule has 1 N–H and O–H groups in total. The number of pyridine rings is 1. The molecule has 1 fully saturated rings. The fourth-order valence-electron chi connectivity index (χ4n) is 3.17. The molecular formula is C20H22FN5O2. The van der Waals surface area contributed by atoms with E-state index in [2.05, 4.69) is 15.3 Å². The molecule has 4 rings (SSSR count). The standard InChI is InChI=1S/C20H22FN5O2/c1-14-3-4-18(16(21)11-14)28-19-12-15(13-26-17(19)5-6-22-26)23-20(27)25-9-7-24(2)8-10-25/h3-6,11-13H,7-10H2,1-2H3,(H,23,27). The van der Waals surface area contributed by atoms with Crippen LogP contribution in [0.1, 0.15) is 5.56 Å². The Labute approximate surface area is 162 Å². The average Bonchev–Trinajstić information content (AvgIpc) is 3.13. The lowest BCUT2D eigenvalue weighted by Crippen LogP contribution is -2.48. The van der Waals surface area contributed by atoms with Gasteiger partial charge in [0.25, 0.3) is 0 Å². The number of nitrogens with one attached hydrogen (secondary N) is 1. The maximum Gasteiger partial charge on any atom is 0.321 e. The normalized spacial score (nSPS) is 15.0. The Hall–Kier alpha value is -3.13. The van der Waals surface area contributed by atoms with Gasteiger partial charge < -0.3 is 19.9 Å². The number of carbonyl (C=O) groups excluding carboxylic acids is 1. The zero-order valence-corrected chi connectivity index (χ0v) is 15.9. The number of halogens is 1. The van der Waals surface area contributed by atoms with E-state index in [-0.39, 0.29) is 11.8 Å². The van der Waals surface area contributed by atoms with Gasteiger partial charge in [-0.25, -0.2) is 13.7 Å². The highest BCUT2D eigenvalue weighted by atomic mass is 19.1. The quantitative estimate of drug-likeness (QED) is 0.753. The van der Waals surface area contributed by atoms with Gasteiger partial charge in [-0.1, -0.05) is 6.07 Å². The highest BCUT2D eigenvalue weighted by Crippen LogP contribution is 2.31. The van der Waals surface area contributed by atoms with E-state index < -0.39 is 5.82 Å². The third-order valence-electron chi connectivity index (χ3n) is 4.82. The Morgan fingerprint density at radius 2 is 1.93 bits per heavy atom. The summed E-state index contributed by atoms with van der Waals surface area (Å²) in [5, 5.41) is 7.11. The highest BCUT2D eigenvalue weighted by Gasteiger charge is 2.20. The van der Waals surface area contributed by atoms with E-state index >= 15 is 0 Å². The van der Waals surface area contributed by atoms with Crippen molar-refractivity contribution in [2.45, 2.75) is 6.92 Å². The molecule has 0 bridgehead atoms. The smallest absolute Gasteiger partial charge is 0.321 e. The number of carbonyl (C=O) groups is 1. The molecule has 0 atom stereocenters. The summed E-state index contributed by atoms with van der Waals surface area (Å²) in [7, 11) is 2.04. The number of benzene rings is 1. The highest BCUT2D eigenvalue weighted by molar-refractivity contribution is 5.90. The predicted molar refractivity (Wildman–Crippen MR) is 104 cm³/mol. The molecule has 2 amide bonds. The Morgan fingerprint density at radius 1 is 1.14 bits per heavy atom. The van der Waals surface area contributed by atoms with Gasteiger partial charge in [0.1, 0.15) is 5.52 Å². The third-order valence-corrected chi connectivity index (χ3v) is 4.82. The summed E-state index contributed by atoms with van der Waals surface area (Å²) >= 11 is 0. The topological polar surface area (TPSA) is 62.1 Å². The Kier molecular flexibility index (Phi) is 4.87. The first-order valence-corrected chi connectivity index (χ1v) is 9.15. The number of hydrogen-bond donors (Lipinski definition) is 1. The maximum absolute atomic E-state index is 14.2. The Balaban J connectivity index is 1.59. The Bertz CT molecular complexity index is 1010. The zero-order chi connectivity index (χ0) is 19.7. The maximum atomic E-state index is 14.2. The van der Waals surface area contributed by atoms with Crippen molar-refractivity contribution in [3.8, 4) is 11.5 Å². The molecular weight excluding hydrogens is 361 g/mol. The first kappa shape index (κ1) is 18.2. The van der Waals surface area contributed by atoms with Crippen LogP contribution >= 0.6 is 0 Å². The number of nitrogens with zero attached hydrogens (tertiary/aromatic N) is 4. The van der Waals surface area contributed by atoms with Crippen molar-refractivity contribution in [2.75, 3.05) is 38.5 Å². The molecule has 8 heteroatoms. The minimum atomic E-state index is -0.440. The number of aromatic nitrogens is 2. The van der Waals surface area contributed by atoms with Gasteiger partial charge in [0.2, 0.25) is 0 Å². The molecule has 1 aliphatic rings. The number of anilines is 1. The molecule has 1 saturated heterocycles. The summed E-state index contributed by atoms with van der Waals surface area (Å²) in [6.45, 7) is 4.84. The summed E-state index contributed by atoms with van der Waals surface area (Å²) in [5.41, 5.74) is 2.02. The van der Waals surface area contributed by atoms with Crippen LogP contribution in [0.3, 0.4) is 0 Å². The number of aryl methyl sites for hydroxylation is 1. The summed E-state index contributed by atoms with van der Waals surface area (Å²) in [5.74, 6) is 0.0946. The molecule has 0 spiro atoms. The van der Waals surface area contributed by atoms with Crippen molar-refractivity contribution in [3.05, 3.63) is 54.1 Å². The van der Waals surface area contributed by atoms with Crippen molar-refractivity contribution in [3.63, 3.8) is 0 Å². The number of fused-ring (bicyclic) bond motifs is 1. The van der Waals surface area contributed by atoms with E-state index in [0.717, 1.165) is 18.7 Å². The molecule has 3 heterocycles. The monoisotopic (exact) mass is 383 g/mol. The van der Waals surface area contributed by atoms with Crippen LogP contribution in [0.4, 0.5) is 14.9 Å². The molecule has 146 valence electrons. The van der Waals surface area contributed by atoms with Gasteiger partial charge >= 0.3 is 6.03 Å². The van der Waals surface area contributed by atoms with Crippen LogP contribution in [-0.2, 0) is 0 Å². The zero-order valence-electron chi connectivity index (χ0n) is 15.9. The minimum Gasteiger partial charge on any atom is -0.452 e. The number of piperazine rings is 1. The Morgan fingerprint density at radius 3 is 2.68 bits per heavy atom. The third kappa shape index (κ3) is 3.77. The molecule has 0 radical (unpaired) electrons. The second-order valence-corrected chi connectivity index (χ2v) is 7.01. The lowest BCUT2D eigenvalue weighted by molar-refractivity contribution is 0.164. The summed E-state index contributed by atoms with van der Waals surface area (Å²) < 4.78 is 21.6. The first-order chi connectivity index (χ1) is 13.5. The molecule has 28 heavy (non-hydrogen) atoms. The molecule has 2 aromatic heterocycles. The number of hydrogen-bond acceptors (Lipinski definition) is 4. The number of likely N-dealkylation sites (N-methyl/N-ethyl adjacent to an activating group) is 1. The summed E-state index contributed by atoms with van der Waals surface area (Å²) in [6.07, 6.45) is 3.33. The minimum absolute atomic E-state index is 0.122. The van der Waals surface area contributed by atoms with E-state index in [1.165, 1.54) is 6.07 Å². The van der Waals surface area contributed by atoms with Crippen molar-refractivity contribution in [1.82, 2.24) is 19.4 Å². The fraction of sp³-hybridized carbons (Fsp3) is 0.300. The number of amides is 2. The van der Waals surface area contributed by atoms with Crippen molar-refractivity contribution in [1.29, 1.82) is 0 Å². The SMILES string of the molecule is Cc1ccc(Oc2cc(NC(=O)N3CCN(C)CC3)cn3nccc23)c(F)c1. The lowest BCUT2D eigenvalue weighted by Gasteiger charge is -2.32. The van der Waals surface area contributed by atoms with Gasteiger partial charge in [0.15, 0.2) is 17.3 Å². The van der Waals surface area contributed by atoms with Gasteiger partial charge in [-0.15, -0.1) is 0 Å². The summed E-state index contributed by atoms with van der Waals surface area (Å²) in [6, 6.07) is 8.07. The van der Waals surface area contributed by atoms with Crippen LogP contribution in [0.5, 0.6) is 11.5 Å². The van der Waals surface area contributed by atoms with Crippen LogP contribution in [0.15, 0.2) is 42.7 Å².